The standard InChI is InChI=1S/C18H18N2O2S/c1-12-3-7-14(8-4-12)16-17(18(16,20)11-19)23(21,22)15-9-5-13(2)6-10-15/h3-10,16-17H,20H2,1-2H3/t16-,17-,18+/m1/s1. The third-order valence-electron chi connectivity index (χ3n) is 4.49. The maximum Gasteiger partial charge on any atom is 0.184 e. The Morgan fingerprint density at radius 2 is 1.48 bits per heavy atom. The molecule has 2 N–H and O–H groups in total. The zero-order chi connectivity index (χ0) is 16.8. The number of nitrogens with two attached hydrogens (primary N) is 1. The van der Waals surface area contributed by atoms with Crippen LogP contribution in [0.5, 0.6) is 0 Å². The summed E-state index contributed by atoms with van der Waals surface area (Å²) in [5, 5.41) is 8.53. The van der Waals surface area contributed by atoms with Gasteiger partial charge in [-0.2, -0.15) is 5.26 Å². The Hall–Kier alpha value is -2.16. The second kappa shape index (κ2) is 5.19. The Morgan fingerprint density at radius 3 is 1.96 bits per heavy atom. The van der Waals surface area contributed by atoms with E-state index in [-0.39, 0.29) is 4.90 Å². The summed E-state index contributed by atoms with van der Waals surface area (Å²) < 4.78 is 25.8. The predicted molar refractivity (Wildman–Crippen MR) is 88.6 cm³/mol. The van der Waals surface area contributed by atoms with E-state index in [4.69, 9.17) is 5.73 Å². The number of hydrogen-bond donors (Lipinski definition) is 1. The van der Waals surface area contributed by atoms with Crippen molar-refractivity contribution in [1.82, 2.24) is 0 Å². The van der Waals surface area contributed by atoms with Crippen molar-refractivity contribution in [2.45, 2.75) is 35.4 Å². The molecule has 0 saturated heterocycles. The number of hydrogen-bond acceptors (Lipinski definition) is 4. The fourth-order valence-electron chi connectivity index (χ4n) is 3.04. The van der Waals surface area contributed by atoms with Gasteiger partial charge in [-0.3, -0.25) is 0 Å². The summed E-state index contributed by atoms with van der Waals surface area (Å²) in [6.07, 6.45) is 0. The lowest BCUT2D eigenvalue weighted by Gasteiger charge is -2.05. The van der Waals surface area contributed by atoms with Gasteiger partial charge in [0.25, 0.3) is 0 Å². The first-order valence-electron chi connectivity index (χ1n) is 7.38. The summed E-state index contributed by atoms with van der Waals surface area (Å²) >= 11 is 0. The number of nitriles is 1. The molecular formula is C18H18N2O2S. The minimum absolute atomic E-state index is 0.216. The molecule has 23 heavy (non-hydrogen) atoms. The Kier molecular flexibility index (Phi) is 3.55. The molecule has 1 aliphatic rings. The fourth-order valence-corrected chi connectivity index (χ4v) is 5.23. The zero-order valence-corrected chi connectivity index (χ0v) is 13.8. The molecule has 2 aromatic carbocycles. The van der Waals surface area contributed by atoms with Crippen molar-refractivity contribution in [3.63, 3.8) is 0 Å². The molecule has 0 spiro atoms. The first kappa shape index (κ1) is 15.7. The van der Waals surface area contributed by atoms with Gasteiger partial charge in [-0.1, -0.05) is 47.5 Å². The van der Waals surface area contributed by atoms with Crippen LogP contribution in [0.4, 0.5) is 0 Å². The first-order valence-corrected chi connectivity index (χ1v) is 8.92. The number of sulfone groups is 1. The molecule has 0 aliphatic heterocycles. The molecule has 0 amide bonds. The second-order valence-electron chi connectivity index (χ2n) is 6.21. The average Bonchev–Trinajstić information content (AvgIpc) is 3.16. The van der Waals surface area contributed by atoms with Crippen molar-refractivity contribution in [2.75, 3.05) is 0 Å². The molecule has 3 rings (SSSR count). The van der Waals surface area contributed by atoms with Crippen molar-refractivity contribution in [1.29, 1.82) is 5.26 Å². The smallest absolute Gasteiger partial charge is 0.184 e. The summed E-state index contributed by atoms with van der Waals surface area (Å²) in [6.45, 7) is 3.85. The highest BCUT2D eigenvalue weighted by Crippen LogP contribution is 2.55. The van der Waals surface area contributed by atoms with Crippen molar-refractivity contribution < 1.29 is 8.42 Å². The highest BCUT2D eigenvalue weighted by Gasteiger charge is 2.70. The van der Waals surface area contributed by atoms with Crippen LogP contribution in [-0.4, -0.2) is 19.2 Å². The predicted octanol–water partition coefficient (Wildman–Crippen LogP) is 2.46. The normalized spacial score (nSPS) is 26.5. The topological polar surface area (TPSA) is 83.9 Å². The minimum Gasteiger partial charge on any atom is -0.312 e. The molecule has 3 atom stereocenters. The first-order chi connectivity index (χ1) is 10.8. The molecule has 0 radical (unpaired) electrons. The van der Waals surface area contributed by atoms with Crippen LogP contribution < -0.4 is 5.73 Å². The largest absolute Gasteiger partial charge is 0.312 e. The molecule has 0 heterocycles. The molecular weight excluding hydrogens is 308 g/mol. The summed E-state index contributed by atoms with van der Waals surface area (Å²) in [5.41, 5.74) is 7.59. The van der Waals surface area contributed by atoms with E-state index in [1.54, 1.807) is 24.3 Å². The van der Waals surface area contributed by atoms with E-state index < -0.39 is 26.5 Å². The van der Waals surface area contributed by atoms with Crippen LogP contribution in [0.15, 0.2) is 53.4 Å². The Bertz CT molecular complexity index is 880. The van der Waals surface area contributed by atoms with E-state index in [0.29, 0.717) is 0 Å². The van der Waals surface area contributed by atoms with Gasteiger partial charge in [-0.05, 0) is 31.5 Å². The zero-order valence-electron chi connectivity index (χ0n) is 13.0. The third kappa shape index (κ3) is 2.44. The quantitative estimate of drug-likeness (QED) is 0.939. The van der Waals surface area contributed by atoms with Gasteiger partial charge < -0.3 is 5.73 Å². The van der Waals surface area contributed by atoms with Crippen molar-refractivity contribution >= 4 is 9.84 Å². The maximum atomic E-state index is 12.9. The number of benzene rings is 2. The van der Waals surface area contributed by atoms with E-state index in [9.17, 15) is 13.7 Å². The summed E-state index contributed by atoms with van der Waals surface area (Å²) in [5.74, 6) is -0.501. The van der Waals surface area contributed by atoms with Gasteiger partial charge >= 0.3 is 0 Å². The molecule has 1 saturated carbocycles. The Balaban J connectivity index is 2.03. The van der Waals surface area contributed by atoms with Crippen molar-refractivity contribution in [3.05, 3.63) is 65.2 Å². The van der Waals surface area contributed by atoms with Crippen molar-refractivity contribution in [3.8, 4) is 6.07 Å². The van der Waals surface area contributed by atoms with Gasteiger partial charge in [0.05, 0.1) is 11.0 Å². The lowest BCUT2D eigenvalue weighted by molar-refractivity contribution is 0.592. The number of rotatable bonds is 3. The molecule has 0 unspecified atom stereocenters. The van der Waals surface area contributed by atoms with E-state index in [1.165, 1.54) is 0 Å². The van der Waals surface area contributed by atoms with Crippen LogP contribution in [0.1, 0.15) is 22.6 Å². The second-order valence-corrected chi connectivity index (χ2v) is 8.28. The molecule has 0 bridgehead atoms. The van der Waals surface area contributed by atoms with Crippen LogP contribution in [0.3, 0.4) is 0 Å². The SMILES string of the molecule is Cc1ccc([C@@H]2[C@@H](S(=O)(=O)c3ccc(C)cc3)[C@]2(N)C#N)cc1. The maximum absolute atomic E-state index is 12.9. The highest BCUT2D eigenvalue weighted by molar-refractivity contribution is 7.92. The van der Waals surface area contributed by atoms with Gasteiger partial charge in [0, 0.05) is 5.92 Å². The van der Waals surface area contributed by atoms with E-state index >= 15 is 0 Å². The van der Waals surface area contributed by atoms with Gasteiger partial charge in [0.1, 0.15) is 10.8 Å². The fraction of sp³-hybridized carbons (Fsp3) is 0.278. The van der Waals surface area contributed by atoms with Gasteiger partial charge in [-0.15, -0.1) is 0 Å². The molecule has 0 aromatic heterocycles. The molecule has 1 fully saturated rings. The van der Waals surface area contributed by atoms with Crippen LogP contribution in [0, 0.1) is 25.2 Å². The highest BCUT2D eigenvalue weighted by atomic mass is 32.2. The molecule has 2 aromatic rings. The van der Waals surface area contributed by atoms with Gasteiger partial charge in [0.15, 0.2) is 9.84 Å². The summed E-state index contributed by atoms with van der Waals surface area (Å²) in [4.78, 5) is 0.216. The Morgan fingerprint density at radius 1 is 1.00 bits per heavy atom. The van der Waals surface area contributed by atoms with E-state index in [2.05, 4.69) is 0 Å². The molecule has 118 valence electrons. The molecule has 4 nitrogen and oxygen atoms in total. The third-order valence-corrected chi connectivity index (χ3v) is 6.75. The summed E-state index contributed by atoms with van der Waals surface area (Å²) in [6, 6.07) is 16.2. The van der Waals surface area contributed by atoms with Gasteiger partial charge in [0.2, 0.25) is 0 Å². The monoisotopic (exact) mass is 326 g/mol. The van der Waals surface area contributed by atoms with Crippen LogP contribution in [-0.2, 0) is 9.84 Å². The van der Waals surface area contributed by atoms with Gasteiger partial charge in [-0.25, -0.2) is 8.42 Å². The van der Waals surface area contributed by atoms with E-state index in [0.717, 1.165) is 16.7 Å². The van der Waals surface area contributed by atoms with Crippen LogP contribution in [0.25, 0.3) is 0 Å². The molecule has 5 heteroatoms. The Labute approximate surface area is 136 Å². The minimum atomic E-state index is -3.66. The summed E-state index contributed by atoms with van der Waals surface area (Å²) in [7, 11) is -3.66. The number of aryl methyl sites for hydroxylation is 2. The number of nitrogens with zero attached hydrogens (tertiary/aromatic N) is 1. The van der Waals surface area contributed by atoms with E-state index in [1.807, 2.05) is 44.2 Å². The lowest BCUT2D eigenvalue weighted by Crippen LogP contribution is -2.29. The van der Waals surface area contributed by atoms with Crippen molar-refractivity contribution in [2.24, 2.45) is 5.73 Å². The van der Waals surface area contributed by atoms with Crippen LogP contribution in [0.2, 0.25) is 0 Å². The molecule has 1 aliphatic carbocycles. The lowest BCUT2D eigenvalue weighted by atomic mass is 10.1. The average molecular weight is 326 g/mol. The van der Waals surface area contributed by atoms with Crippen LogP contribution >= 0.6 is 0 Å².